The Bertz CT molecular complexity index is 906. The first-order valence-corrected chi connectivity index (χ1v) is 7.91. The predicted octanol–water partition coefficient (Wildman–Crippen LogP) is 2.69. The zero-order valence-electron chi connectivity index (χ0n) is 13.9. The van der Waals surface area contributed by atoms with E-state index in [0.29, 0.717) is 11.5 Å². The van der Waals surface area contributed by atoms with Gasteiger partial charge in [0.15, 0.2) is 0 Å². The van der Waals surface area contributed by atoms with E-state index < -0.39 is 5.91 Å². The highest BCUT2D eigenvalue weighted by Crippen LogP contribution is 2.22. The summed E-state index contributed by atoms with van der Waals surface area (Å²) in [5.41, 5.74) is 2.19. The fourth-order valence-corrected chi connectivity index (χ4v) is 2.64. The first kappa shape index (κ1) is 16.0. The minimum absolute atomic E-state index is 0.0994. The van der Waals surface area contributed by atoms with Crippen molar-refractivity contribution in [2.24, 2.45) is 5.92 Å². The van der Waals surface area contributed by atoms with E-state index in [-0.39, 0.29) is 23.1 Å². The molecule has 1 atom stereocenters. The molecule has 1 aromatic carbocycles. The van der Waals surface area contributed by atoms with Gasteiger partial charge in [-0.2, -0.15) is 0 Å². The molecule has 0 saturated carbocycles. The molecule has 6 heteroatoms. The number of nitrogens with zero attached hydrogens (tertiary/aromatic N) is 1. The fourth-order valence-electron chi connectivity index (χ4n) is 2.64. The maximum Gasteiger partial charge on any atom is 0.260 e. The maximum atomic E-state index is 12.5. The van der Waals surface area contributed by atoms with Crippen molar-refractivity contribution >= 4 is 16.9 Å². The number of amides is 1. The van der Waals surface area contributed by atoms with Gasteiger partial charge in [-0.3, -0.25) is 9.59 Å². The summed E-state index contributed by atoms with van der Waals surface area (Å²) in [5, 5.41) is 2.92. The summed E-state index contributed by atoms with van der Waals surface area (Å²) < 4.78 is 0. The molecule has 0 bridgehead atoms. The third-order valence-corrected chi connectivity index (χ3v) is 3.96. The Kier molecular flexibility index (Phi) is 4.20. The number of aromatic amines is 2. The number of H-pyrrole nitrogens is 2. The van der Waals surface area contributed by atoms with Crippen molar-refractivity contribution in [3.63, 3.8) is 0 Å². The van der Waals surface area contributed by atoms with Gasteiger partial charge in [-0.15, -0.1) is 0 Å². The number of para-hydroxylation sites is 2. The molecule has 3 rings (SSSR count). The van der Waals surface area contributed by atoms with Crippen molar-refractivity contribution in [3.8, 4) is 0 Å². The topological polar surface area (TPSA) is 90.6 Å². The highest BCUT2D eigenvalue weighted by Gasteiger charge is 2.23. The average molecular weight is 324 g/mol. The number of rotatable bonds is 4. The maximum absolute atomic E-state index is 12.5. The lowest BCUT2D eigenvalue weighted by molar-refractivity contribution is 0.0922. The predicted molar refractivity (Wildman–Crippen MR) is 92.9 cm³/mol. The van der Waals surface area contributed by atoms with Gasteiger partial charge < -0.3 is 15.3 Å². The molecular formula is C18H20N4O2. The summed E-state index contributed by atoms with van der Waals surface area (Å²) >= 11 is 0. The SMILES string of the molecule is Cc1ccc(C(=O)NC(c2nc3ccccc3[nH]2)C(C)C)c(=O)[nH]1. The molecule has 124 valence electrons. The van der Waals surface area contributed by atoms with Crippen LogP contribution in [0.25, 0.3) is 11.0 Å². The molecule has 6 nitrogen and oxygen atoms in total. The Morgan fingerprint density at radius 3 is 2.54 bits per heavy atom. The van der Waals surface area contributed by atoms with E-state index in [4.69, 9.17) is 0 Å². The first-order chi connectivity index (χ1) is 11.5. The van der Waals surface area contributed by atoms with Crippen LogP contribution in [0, 0.1) is 12.8 Å². The van der Waals surface area contributed by atoms with E-state index in [1.165, 1.54) is 0 Å². The van der Waals surface area contributed by atoms with Crippen LogP contribution in [0.4, 0.5) is 0 Å². The van der Waals surface area contributed by atoms with Gasteiger partial charge in [0.2, 0.25) is 0 Å². The second-order valence-electron chi connectivity index (χ2n) is 6.22. The Balaban J connectivity index is 1.91. The zero-order chi connectivity index (χ0) is 17.3. The number of nitrogens with one attached hydrogen (secondary N) is 3. The Morgan fingerprint density at radius 1 is 1.12 bits per heavy atom. The molecule has 0 radical (unpaired) electrons. The van der Waals surface area contributed by atoms with E-state index >= 15 is 0 Å². The number of fused-ring (bicyclic) bond motifs is 1. The highest BCUT2D eigenvalue weighted by molar-refractivity contribution is 5.94. The van der Waals surface area contributed by atoms with Crippen molar-refractivity contribution in [1.29, 1.82) is 0 Å². The summed E-state index contributed by atoms with van der Waals surface area (Å²) in [5.74, 6) is 0.387. The van der Waals surface area contributed by atoms with Crippen LogP contribution in [-0.4, -0.2) is 20.9 Å². The summed E-state index contributed by atoms with van der Waals surface area (Å²) in [6, 6.07) is 10.6. The lowest BCUT2D eigenvalue weighted by Gasteiger charge is -2.20. The zero-order valence-corrected chi connectivity index (χ0v) is 13.9. The number of carbonyl (C=O) groups excluding carboxylic acids is 1. The quantitative estimate of drug-likeness (QED) is 0.689. The van der Waals surface area contributed by atoms with Gasteiger partial charge in [0.25, 0.3) is 11.5 Å². The number of pyridine rings is 1. The number of benzene rings is 1. The number of hydrogen-bond donors (Lipinski definition) is 3. The Hall–Kier alpha value is -2.89. The smallest absolute Gasteiger partial charge is 0.260 e. The van der Waals surface area contributed by atoms with Gasteiger partial charge in [0.1, 0.15) is 11.4 Å². The van der Waals surface area contributed by atoms with E-state index in [2.05, 4.69) is 20.3 Å². The van der Waals surface area contributed by atoms with E-state index in [1.807, 2.05) is 38.1 Å². The molecule has 2 heterocycles. The standard InChI is InChI=1S/C18H20N4O2/c1-10(2)15(16-20-13-6-4-5-7-14(13)21-16)22-18(24)12-9-8-11(3)19-17(12)23/h4-10,15H,1-3H3,(H,19,23)(H,20,21)(H,22,24). The molecular weight excluding hydrogens is 304 g/mol. The molecule has 1 unspecified atom stereocenters. The van der Waals surface area contributed by atoms with Crippen molar-refractivity contribution in [2.45, 2.75) is 26.8 Å². The van der Waals surface area contributed by atoms with Crippen molar-refractivity contribution in [3.05, 3.63) is 63.8 Å². The van der Waals surface area contributed by atoms with Crippen molar-refractivity contribution in [2.75, 3.05) is 0 Å². The average Bonchev–Trinajstić information content (AvgIpc) is 2.95. The molecule has 0 fully saturated rings. The summed E-state index contributed by atoms with van der Waals surface area (Å²) in [6.07, 6.45) is 0. The van der Waals surface area contributed by atoms with Gasteiger partial charge in [-0.1, -0.05) is 26.0 Å². The van der Waals surface area contributed by atoms with Crippen LogP contribution in [0.15, 0.2) is 41.2 Å². The molecule has 0 saturated heterocycles. The number of carbonyl (C=O) groups is 1. The van der Waals surface area contributed by atoms with Crippen LogP contribution >= 0.6 is 0 Å². The monoisotopic (exact) mass is 324 g/mol. The lowest BCUT2D eigenvalue weighted by atomic mass is 10.0. The van der Waals surface area contributed by atoms with Crippen LogP contribution in [0.5, 0.6) is 0 Å². The second-order valence-corrected chi connectivity index (χ2v) is 6.22. The minimum Gasteiger partial charge on any atom is -0.342 e. The third-order valence-electron chi connectivity index (χ3n) is 3.96. The second kappa shape index (κ2) is 6.31. The van der Waals surface area contributed by atoms with Crippen LogP contribution in [0.2, 0.25) is 0 Å². The van der Waals surface area contributed by atoms with Crippen LogP contribution in [0.3, 0.4) is 0 Å². The number of aromatic nitrogens is 3. The lowest BCUT2D eigenvalue weighted by Crippen LogP contribution is -2.35. The van der Waals surface area contributed by atoms with Gasteiger partial charge in [-0.25, -0.2) is 4.98 Å². The Morgan fingerprint density at radius 2 is 1.88 bits per heavy atom. The molecule has 3 aromatic rings. The van der Waals surface area contributed by atoms with Crippen molar-refractivity contribution < 1.29 is 4.79 Å². The summed E-state index contributed by atoms with van der Waals surface area (Å²) in [7, 11) is 0. The number of imidazole rings is 1. The molecule has 2 aromatic heterocycles. The van der Waals surface area contributed by atoms with Gasteiger partial charge in [0, 0.05) is 5.69 Å². The van der Waals surface area contributed by atoms with Crippen LogP contribution in [-0.2, 0) is 0 Å². The van der Waals surface area contributed by atoms with Gasteiger partial charge in [-0.05, 0) is 37.1 Å². The largest absolute Gasteiger partial charge is 0.342 e. The summed E-state index contributed by atoms with van der Waals surface area (Å²) in [4.78, 5) is 34.9. The normalized spacial score (nSPS) is 12.5. The molecule has 3 N–H and O–H groups in total. The molecule has 24 heavy (non-hydrogen) atoms. The molecule has 0 aliphatic rings. The molecule has 0 spiro atoms. The third kappa shape index (κ3) is 3.08. The fraction of sp³-hybridized carbons (Fsp3) is 0.278. The first-order valence-electron chi connectivity index (χ1n) is 7.91. The molecule has 0 aliphatic carbocycles. The van der Waals surface area contributed by atoms with Gasteiger partial charge >= 0.3 is 0 Å². The number of aryl methyl sites for hydroxylation is 1. The van der Waals surface area contributed by atoms with Crippen LogP contribution < -0.4 is 10.9 Å². The van der Waals surface area contributed by atoms with E-state index in [9.17, 15) is 9.59 Å². The van der Waals surface area contributed by atoms with E-state index in [0.717, 1.165) is 11.0 Å². The molecule has 0 aliphatic heterocycles. The van der Waals surface area contributed by atoms with Crippen LogP contribution in [0.1, 0.15) is 41.8 Å². The van der Waals surface area contributed by atoms with Crippen molar-refractivity contribution in [1.82, 2.24) is 20.3 Å². The molecule has 1 amide bonds. The van der Waals surface area contributed by atoms with Gasteiger partial charge in [0.05, 0.1) is 17.1 Å². The van der Waals surface area contributed by atoms with E-state index in [1.54, 1.807) is 19.1 Å². The minimum atomic E-state index is -0.407. The number of hydrogen-bond acceptors (Lipinski definition) is 3. The summed E-state index contributed by atoms with van der Waals surface area (Å²) in [6.45, 7) is 5.77. The highest BCUT2D eigenvalue weighted by atomic mass is 16.2. The Labute approximate surface area is 139 Å².